The van der Waals surface area contributed by atoms with Gasteiger partial charge in [-0.1, -0.05) is 12.8 Å². The molecule has 3 fully saturated rings. The van der Waals surface area contributed by atoms with Crippen molar-refractivity contribution in [2.45, 2.75) is 63.1 Å². The van der Waals surface area contributed by atoms with E-state index in [9.17, 15) is 0 Å². The van der Waals surface area contributed by atoms with Gasteiger partial charge in [0.25, 0.3) is 0 Å². The van der Waals surface area contributed by atoms with Crippen LogP contribution in [0.1, 0.15) is 44.9 Å². The Morgan fingerprint density at radius 1 is 1.05 bits per heavy atom. The van der Waals surface area contributed by atoms with Gasteiger partial charge in [-0.3, -0.25) is 4.90 Å². The number of nitrogens with one attached hydrogen (secondary N) is 1. The average Bonchev–Trinajstić information content (AvgIpc) is 2.99. The summed E-state index contributed by atoms with van der Waals surface area (Å²) in [7, 11) is 4.51. The SMILES string of the molecule is CNC(CN1CCC2CCC(C1)N2C)C1CCCC1. The monoisotopic (exact) mass is 265 g/mol. The molecule has 2 saturated heterocycles. The Kier molecular flexibility index (Phi) is 4.45. The van der Waals surface area contributed by atoms with E-state index in [1.165, 1.54) is 64.6 Å². The molecule has 3 unspecified atom stereocenters. The molecule has 0 spiro atoms. The minimum atomic E-state index is 0.726. The third-order valence-electron chi connectivity index (χ3n) is 6.03. The lowest BCUT2D eigenvalue weighted by Crippen LogP contribution is -2.46. The van der Waals surface area contributed by atoms with Gasteiger partial charge in [-0.15, -0.1) is 0 Å². The van der Waals surface area contributed by atoms with Gasteiger partial charge >= 0.3 is 0 Å². The quantitative estimate of drug-likeness (QED) is 0.838. The van der Waals surface area contributed by atoms with Gasteiger partial charge in [0.05, 0.1) is 0 Å². The fraction of sp³-hybridized carbons (Fsp3) is 1.00. The molecule has 0 aromatic heterocycles. The summed E-state index contributed by atoms with van der Waals surface area (Å²) >= 11 is 0. The molecule has 3 nitrogen and oxygen atoms in total. The number of hydrogen-bond donors (Lipinski definition) is 1. The molecule has 0 radical (unpaired) electrons. The molecule has 0 aromatic carbocycles. The molecule has 2 heterocycles. The second-order valence-electron chi connectivity index (χ2n) is 7.04. The lowest BCUT2D eigenvalue weighted by molar-refractivity contribution is 0.189. The van der Waals surface area contributed by atoms with Gasteiger partial charge in [0, 0.05) is 31.2 Å². The molecule has 2 bridgehead atoms. The van der Waals surface area contributed by atoms with E-state index in [1.54, 1.807) is 0 Å². The standard InChI is InChI=1S/C16H31N3/c1-17-16(13-5-3-4-6-13)12-19-10-9-14-7-8-15(11-19)18(14)2/h13-17H,3-12H2,1-2H3. The van der Waals surface area contributed by atoms with Crippen LogP contribution in [0.4, 0.5) is 0 Å². The molecular formula is C16H31N3. The van der Waals surface area contributed by atoms with E-state index < -0.39 is 0 Å². The van der Waals surface area contributed by atoms with Gasteiger partial charge in [-0.2, -0.15) is 0 Å². The third-order valence-corrected chi connectivity index (χ3v) is 6.03. The maximum absolute atomic E-state index is 3.61. The normalized spacial score (nSPS) is 35.7. The first kappa shape index (κ1) is 13.8. The summed E-state index contributed by atoms with van der Waals surface area (Å²) in [5, 5.41) is 3.61. The number of rotatable bonds is 4. The Bertz CT molecular complexity index is 288. The van der Waals surface area contributed by atoms with Crippen molar-refractivity contribution in [2.75, 3.05) is 33.7 Å². The minimum absolute atomic E-state index is 0.726. The molecule has 2 aliphatic heterocycles. The van der Waals surface area contributed by atoms with E-state index in [4.69, 9.17) is 0 Å². The molecule has 3 heteroatoms. The first-order valence-electron chi connectivity index (χ1n) is 8.39. The van der Waals surface area contributed by atoms with Gasteiger partial charge in [-0.25, -0.2) is 0 Å². The first-order valence-corrected chi connectivity index (χ1v) is 8.39. The number of likely N-dealkylation sites (N-methyl/N-ethyl adjacent to an activating group) is 2. The van der Waals surface area contributed by atoms with Gasteiger partial charge in [0.15, 0.2) is 0 Å². The molecule has 3 rings (SSSR count). The molecule has 3 aliphatic rings. The van der Waals surface area contributed by atoms with Crippen LogP contribution >= 0.6 is 0 Å². The van der Waals surface area contributed by atoms with E-state index in [2.05, 4.69) is 29.2 Å². The Hall–Kier alpha value is -0.120. The summed E-state index contributed by atoms with van der Waals surface area (Å²) < 4.78 is 0. The summed E-state index contributed by atoms with van der Waals surface area (Å²) in [4.78, 5) is 5.41. The number of nitrogens with zero attached hydrogens (tertiary/aromatic N) is 2. The zero-order chi connectivity index (χ0) is 13.2. The van der Waals surface area contributed by atoms with Crippen LogP contribution in [0.2, 0.25) is 0 Å². The van der Waals surface area contributed by atoms with Crippen molar-refractivity contribution in [3.05, 3.63) is 0 Å². The molecule has 1 N–H and O–H groups in total. The molecule has 0 aromatic rings. The molecule has 3 atom stereocenters. The smallest absolute Gasteiger partial charge is 0.0223 e. The Morgan fingerprint density at radius 2 is 1.79 bits per heavy atom. The number of fused-ring (bicyclic) bond motifs is 2. The van der Waals surface area contributed by atoms with Crippen LogP contribution in [0.3, 0.4) is 0 Å². The number of likely N-dealkylation sites (tertiary alicyclic amines) is 1. The van der Waals surface area contributed by atoms with Crippen LogP contribution in [-0.4, -0.2) is 61.7 Å². The minimum Gasteiger partial charge on any atom is -0.315 e. The predicted octanol–water partition coefficient (Wildman–Crippen LogP) is 1.93. The van der Waals surface area contributed by atoms with Crippen LogP contribution in [0.5, 0.6) is 0 Å². The largest absolute Gasteiger partial charge is 0.315 e. The van der Waals surface area contributed by atoms with Crippen molar-refractivity contribution in [3.63, 3.8) is 0 Å². The Balaban J connectivity index is 1.56. The highest BCUT2D eigenvalue weighted by Crippen LogP contribution is 2.31. The van der Waals surface area contributed by atoms with Crippen LogP contribution in [0.15, 0.2) is 0 Å². The van der Waals surface area contributed by atoms with Crippen molar-refractivity contribution in [1.29, 1.82) is 0 Å². The zero-order valence-electron chi connectivity index (χ0n) is 12.8. The zero-order valence-corrected chi connectivity index (χ0v) is 12.8. The molecule has 1 aliphatic carbocycles. The van der Waals surface area contributed by atoms with E-state index in [1.807, 2.05) is 0 Å². The molecule has 19 heavy (non-hydrogen) atoms. The van der Waals surface area contributed by atoms with Crippen LogP contribution < -0.4 is 5.32 Å². The van der Waals surface area contributed by atoms with Gasteiger partial charge in [-0.05, 0) is 58.7 Å². The molecular weight excluding hydrogens is 234 g/mol. The lowest BCUT2D eigenvalue weighted by atomic mass is 9.97. The van der Waals surface area contributed by atoms with E-state index >= 15 is 0 Å². The van der Waals surface area contributed by atoms with Gasteiger partial charge in [0.2, 0.25) is 0 Å². The topological polar surface area (TPSA) is 18.5 Å². The van der Waals surface area contributed by atoms with E-state index in [-0.39, 0.29) is 0 Å². The van der Waals surface area contributed by atoms with Crippen molar-refractivity contribution < 1.29 is 0 Å². The van der Waals surface area contributed by atoms with Gasteiger partial charge in [0.1, 0.15) is 0 Å². The molecule has 1 saturated carbocycles. The summed E-state index contributed by atoms with van der Waals surface area (Å²) in [5.41, 5.74) is 0. The van der Waals surface area contributed by atoms with E-state index in [0.717, 1.165) is 24.0 Å². The highest BCUT2D eigenvalue weighted by Gasteiger charge is 2.35. The fourth-order valence-corrected chi connectivity index (χ4v) is 4.66. The van der Waals surface area contributed by atoms with E-state index in [0.29, 0.717) is 0 Å². The predicted molar refractivity (Wildman–Crippen MR) is 80.4 cm³/mol. The molecule has 0 amide bonds. The summed E-state index contributed by atoms with van der Waals surface area (Å²) in [6.07, 6.45) is 10.1. The summed E-state index contributed by atoms with van der Waals surface area (Å²) in [6, 6.07) is 2.42. The molecule has 110 valence electrons. The third kappa shape index (κ3) is 2.98. The fourth-order valence-electron chi connectivity index (χ4n) is 4.66. The van der Waals surface area contributed by atoms with Crippen LogP contribution in [0.25, 0.3) is 0 Å². The summed E-state index contributed by atoms with van der Waals surface area (Å²) in [5.74, 6) is 0.933. The lowest BCUT2D eigenvalue weighted by Gasteiger charge is -2.32. The first-order chi connectivity index (χ1) is 9.28. The van der Waals surface area contributed by atoms with Gasteiger partial charge < -0.3 is 10.2 Å². The van der Waals surface area contributed by atoms with Crippen LogP contribution in [0, 0.1) is 5.92 Å². The van der Waals surface area contributed by atoms with Crippen molar-refractivity contribution in [2.24, 2.45) is 5.92 Å². The van der Waals surface area contributed by atoms with Crippen molar-refractivity contribution in [1.82, 2.24) is 15.1 Å². The Morgan fingerprint density at radius 3 is 2.53 bits per heavy atom. The second kappa shape index (κ2) is 6.11. The van der Waals surface area contributed by atoms with Crippen molar-refractivity contribution in [3.8, 4) is 0 Å². The highest BCUT2D eigenvalue weighted by molar-refractivity contribution is 4.92. The van der Waals surface area contributed by atoms with Crippen LogP contribution in [-0.2, 0) is 0 Å². The van der Waals surface area contributed by atoms with Crippen molar-refractivity contribution >= 4 is 0 Å². The number of hydrogen-bond acceptors (Lipinski definition) is 3. The maximum atomic E-state index is 3.61. The average molecular weight is 265 g/mol. The Labute approximate surface area is 118 Å². The summed E-state index contributed by atoms with van der Waals surface area (Å²) in [6.45, 7) is 3.90. The highest BCUT2D eigenvalue weighted by atomic mass is 15.3. The second-order valence-corrected chi connectivity index (χ2v) is 7.04. The maximum Gasteiger partial charge on any atom is 0.0223 e.